The molecule has 4 atom stereocenters. The zero-order valence-electron chi connectivity index (χ0n) is 41.7. The van der Waals surface area contributed by atoms with Crippen LogP contribution < -0.4 is 21.3 Å². The van der Waals surface area contributed by atoms with Crippen LogP contribution in [0.15, 0.2) is 97.6 Å². The summed E-state index contributed by atoms with van der Waals surface area (Å²) >= 11 is 0. The number of nitrogens with one attached hydrogen (secondary N) is 4. The lowest BCUT2D eigenvalue weighted by Crippen LogP contribution is -2.48. The number of benzene rings is 3. The first-order valence-corrected chi connectivity index (χ1v) is 24.7. The fourth-order valence-corrected chi connectivity index (χ4v) is 11.5. The summed E-state index contributed by atoms with van der Waals surface area (Å²) in [6.45, 7) is 9.80. The van der Waals surface area contributed by atoms with Crippen molar-refractivity contribution in [2.75, 3.05) is 37.9 Å². The average molecular weight is 975 g/mol. The van der Waals surface area contributed by atoms with Crippen LogP contribution in [0.4, 0.5) is 21.0 Å². The van der Waals surface area contributed by atoms with Gasteiger partial charge in [-0.25, -0.2) is 9.59 Å². The first-order chi connectivity index (χ1) is 34.6. The van der Waals surface area contributed by atoms with Gasteiger partial charge in [0.2, 0.25) is 11.8 Å². The molecule has 0 unspecified atom stereocenters. The summed E-state index contributed by atoms with van der Waals surface area (Å²) in [4.78, 5) is 93.9. The zero-order valence-corrected chi connectivity index (χ0v) is 41.7. The summed E-state index contributed by atoms with van der Waals surface area (Å²) in [6, 6.07) is 18.2. The number of aromatic nitrogens is 2. The molecular formula is C56H62N8O8. The van der Waals surface area contributed by atoms with Gasteiger partial charge in [-0.15, -0.1) is 0 Å². The minimum Gasteiger partial charge on any atom is -0.453 e. The second-order valence-corrected chi connectivity index (χ2v) is 20.5. The third kappa shape index (κ3) is 9.61. The van der Waals surface area contributed by atoms with Crippen LogP contribution in [0.5, 0.6) is 0 Å². The number of anilines is 2. The Morgan fingerprint density at radius 3 is 1.35 bits per heavy atom. The standard InChI is InChI=1S/C56H62N8O8/c1-55(2)23-21-39-44(36-28-38(32-58-30-36)60-50(66)42-20-14-26-64(42)52(68)48(62-54(70)72-6)34-17-11-8-12-18-34)46-40(22-24-56(46,3)4)43(45(39)55)35-27-37(31-57-29-35)59-49(65)41-19-13-25-63(41)51(67)47(61-53(69)71-5)33-15-9-7-10-16-33/h7-12,15-18,27-32,41-42,47-48H,13-14,19-26H2,1-6H3,(H,59,65)(H,60,66)(H,61,69)(H,62,70)/t41-,42-,47+,48+/m0/s1. The molecule has 16 heteroatoms. The normalized spacial score (nSPS) is 19.1. The molecule has 3 aromatic carbocycles. The van der Waals surface area contributed by atoms with Gasteiger partial charge >= 0.3 is 12.2 Å². The van der Waals surface area contributed by atoms with E-state index in [1.807, 2.05) is 36.7 Å². The molecule has 4 aliphatic rings. The van der Waals surface area contributed by atoms with E-state index in [2.05, 4.69) is 49.0 Å². The monoisotopic (exact) mass is 974 g/mol. The molecule has 2 aliphatic heterocycles. The largest absolute Gasteiger partial charge is 0.453 e. The van der Waals surface area contributed by atoms with Gasteiger partial charge in [-0.3, -0.25) is 29.1 Å². The first kappa shape index (κ1) is 49.4. The molecule has 9 rings (SSSR count). The maximum absolute atomic E-state index is 14.2. The quantitative estimate of drug-likeness (QED) is 0.0942. The van der Waals surface area contributed by atoms with Gasteiger partial charge in [0.05, 0.1) is 38.0 Å². The van der Waals surface area contributed by atoms with Gasteiger partial charge in [0.15, 0.2) is 0 Å². The highest BCUT2D eigenvalue weighted by Crippen LogP contribution is 2.56. The Morgan fingerprint density at radius 1 is 0.583 bits per heavy atom. The summed E-state index contributed by atoms with van der Waals surface area (Å²) in [6.07, 6.45) is 11.1. The van der Waals surface area contributed by atoms with Crippen molar-refractivity contribution in [1.29, 1.82) is 0 Å². The Hall–Kier alpha value is -7.62. The zero-order chi connectivity index (χ0) is 50.9. The maximum Gasteiger partial charge on any atom is 0.407 e. The fourth-order valence-electron chi connectivity index (χ4n) is 11.5. The molecule has 2 fully saturated rings. The Labute approximate surface area is 419 Å². The summed E-state index contributed by atoms with van der Waals surface area (Å²) < 4.78 is 9.70. The first-order valence-electron chi connectivity index (χ1n) is 24.7. The third-order valence-electron chi connectivity index (χ3n) is 15.0. The molecular weight excluding hydrogens is 913 g/mol. The van der Waals surface area contributed by atoms with Crippen molar-refractivity contribution in [2.45, 2.75) is 114 Å². The number of hydrogen-bond donors (Lipinski definition) is 4. The molecule has 0 radical (unpaired) electrons. The van der Waals surface area contributed by atoms with Crippen LogP contribution in [0.25, 0.3) is 22.3 Å². The summed E-state index contributed by atoms with van der Waals surface area (Å²) in [5.41, 5.74) is 10.6. The predicted octanol–water partition coefficient (Wildman–Crippen LogP) is 8.31. The highest BCUT2D eigenvalue weighted by Gasteiger charge is 2.44. The van der Waals surface area contributed by atoms with E-state index < -0.39 is 48.2 Å². The lowest BCUT2D eigenvalue weighted by atomic mass is 9.74. The molecule has 5 aromatic rings. The van der Waals surface area contributed by atoms with Gasteiger partial charge < -0.3 is 40.5 Å². The van der Waals surface area contributed by atoms with E-state index in [0.29, 0.717) is 61.3 Å². The van der Waals surface area contributed by atoms with Gasteiger partial charge in [0, 0.05) is 36.6 Å². The van der Waals surface area contributed by atoms with Gasteiger partial charge in [0.1, 0.15) is 24.2 Å². The van der Waals surface area contributed by atoms with E-state index in [1.165, 1.54) is 46.3 Å². The van der Waals surface area contributed by atoms with Crippen molar-refractivity contribution in [3.8, 4) is 22.3 Å². The van der Waals surface area contributed by atoms with Crippen molar-refractivity contribution >= 4 is 47.2 Å². The van der Waals surface area contributed by atoms with Crippen LogP contribution in [0.2, 0.25) is 0 Å². The fraction of sp³-hybridized carbons (Fsp3) is 0.393. The maximum atomic E-state index is 14.2. The van der Waals surface area contributed by atoms with Crippen LogP contribution in [-0.2, 0) is 52.3 Å². The Bertz CT molecular complexity index is 2730. The number of amides is 6. The summed E-state index contributed by atoms with van der Waals surface area (Å²) in [5.74, 6) is -1.47. The van der Waals surface area contributed by atoms with Gasteiger partial charge in [-0.1, -0.05) is 88.4 Å². The topological polar surface area (TPSA) is 201 Å². The number of fused-ring (bicyclic) bond motifs is 2. The predicted molar refractivity (Wildman–Crippen MR) is 272 cm³/mol. The summed E-state index contributed by atoms with van der Waals surface area (Å²) in [7, 11) is 2.48. The van der Waals surface area contributed by atoms with Crippen LogP contribution in [-0.4, -0.2) is 95.0 Å². The molecule has 6 amide bonds. The molecule has 72 heavy (non-hydrogen) atoms. The number of methoxy groups -OCH3 is 2. The number of hydrogen-bond acceptors (Lipinski definition) is 10. The van der Waals surface area contributed by atoms with E-state index in [1.54, 1.807) is 60.9 Å². The van der Waals surface area contributed by atoms with E-state index in [9.17, 15) is 28.8 Å². The Morgan fingerprint density at radius 2 is 0.972 bits per heavy atom. The van der Waals surface area contributed by atoms with Gasteiger partial charge in [-0.2, -0.15) is 0 Å². The van der Waals surface area contributed by atoms with Gasteiger partial charge in [-0.05, 0) is 119 Å². The molecule has 2 aromatic heterocycles. The number of nitrogens with zero attached hydrogens (tertiary/aromatic N) is 4. The van der Waals surface area contributed by atoms with Crippen LogP contribution in [0.1, 0.15) is 112 Å². The highest BCUT2D eigenvalue weighted by molar-refractivity contribution is 6.01. The number of carbonyl (C=O) groups is 6. The molecule has 4 N–H and O–H groups in total. The number of pyridine rings is 2. The molecule has 0 spiro atoms. The minimum atomic E-state index is -1.04. The van der Waals surface area contributed by atoms with Crippen molar-refractivity contribution in [1.82, 2.24) is 30.4 Å². The van der Waals surface area contributed by atoms with E-state index in [4.69, 9.17) is 19.4 Å². The highest BCUT2D eigenvalue weighted by atomic mass is 16.5. The second-order valence-electron chi connectivity index (χ2n) is 20.5. The molecule has 374 valence electrons. The second kappa shape index (κ2) is 20.2. The van der Waals surface area contributed by atoms with Crippen molar-refractivity contribution in [3.05, 3.63) is 131 Å². The van der Waals surface area contributed by atoms with Gasteiger partial charge in [0.25, 0.3) is 11.8 Å². The van der Waals surface area contributed by atoms with Crippen molar-refractivity contribution in [3.63, 3.8) is 0 Å². The summed E-state index contributed by atoms with van der Waals surface area (Å²) in [5, 5.41) is 11.5. The minimum absolute atomic E-state index is 0.225. The third-order valence-corrected chi connectivity index (χ3v) is 15.0. The van der Waals surface area contributed by atoms with Crippen molar-refractivity contribution in [2.24, 2.45) is 0 Å². The number of carbonyl (C=O) groups excluding carboxylic acids is 6. The lowest BCUT2D eigenvalue weighted by Gasteiger charge is -2.31. The number of alkyl carbamates (subject to hydrolysis) is 2. The average Bonchev–Trinajstić information content (AvgIpc) is 4.21. The van der Waals surface area contributed by atoms with E-state index >= 15 is 0 Å². The SMILES string of the molecule is COC(=O)N[C@@H](C(=O)N1CCC[C@H]1C(=O)Nc1cncc(-c2c3c(c(-c4cncc(NC(=O)[C@@H]5CCCN5C(=O)[C@H](NC(=O)OC)c5ccccc5)c4)c4c2C(C)(C)CC4)C(C)(C)CC3)c1)c1ccccc1. The van der Waals surface area contributed by atoms with E-state index in [0.717, 1.165) is 47.9 Å². The van der Waals surface area contributed by atoms with Crippen LogP contribution in [0.3, 0.4) is 0 Å². The number of rotatable bonds is 12. The molecule has 0 saturated carbocycles. The molecule has 4 heterocycles. The van der Waals surface area contributed by atoms with Crippen molar-refractivity contribution < 1.29 is 38.2 Å². The smallest absolute Gasteiger partial charge is 0.407 e. The molecule has 2 aliphatic carbocycles. The van der Waals surface area contributed by atoms with Crippen LogP contribution >= 0.6 is 0 Å². The Kier molecular flexibility index (Phi) is 13.9. The van der Waals surface area contributed by atoms with Crippen LogP contribution in [0, 0.1) is 0 Å². The lowest BCUT2D eigenvalue weighted by molar-refractivity contribution is -0.138. The number of likely N-dealkylation sites (tertiary alicyclic amines) is 2. The Balaban J connectivity index is 1.00. The number of ether oxygens (including phenoxy) is 2. The molecule has 16 nitrogen and oxygen atoms in total. The molecule has 2 saturated heterocycles. The molecule has 0 bridgehead atoms. The van der Waals surface area contributed by atoms with E-state index in [-0.39, 0.29) is 22.6 Å².